The largest absolute Gasteiger partial charge is 0.493 e. The highest BCUT2D eigenvalue weighted by atomic mass is 35.5. The molecule has 0 spiro atoms. The van der Waals surface area contributed by atoms with Crippen LogP contribution in [0.4, 0.5) is 5.69 Å². The number of carbonyl (C=O) groups excluding carboxylic acids is 1. The van der Waals surface area contributed by atoms with Crippen molar-refractivity contribution in [2.45, 2.75) is 27.7 Å². The van der Waals surface area contributed by atoms with Gasteiger partial charge < -0.3 is 14.5 Å². The lowest BCUT2D eigenvalue weighted by Gasteiger charge is -2.12. The van der Waals surface area contributed by atoms with E-state index in [2.05, 4.69) is 37.4 Å². The monoisotopic (exact) mass is 493 g/mol. The van der Waals surface area contributed by atoms with Gasteiger partial charge in [-0.3, -0.25) is 4.79 Å². The number of rotatable bonds is 6. The van der Waals surface area contributed by atoms with Crippen molar-refractivity contribution in [1.29, 1.82) is 0 Å². The van der Waals surface area contributed by atoms with Crippen molar-refractivity contribution in [2.75, 3.05) is 11.9 Å². The molecule has 0 aliphatic carbocycles. The second kappa shape index (κ2) is 9.96. The number of amides is 1. The maximum Gasteiger partial charge on any atom is 0.248 e. The summed E-state index contributed by atoms with van der Waals surface area (Å²) >= 11 is 12.3. The van der Waals surface area contributed by atoms with Crippen LogP contribution in [0.3, 0.4) is 0 Å². The van der Waals surface area contributed by atoms with Crippen LogP contribution in [-0.4, -0.2) is 12.5 Å². The number of nitrogens with one attached hydrogen (secondary N) is 1. The zero-order chi connectivity index (χ0) is 24.4. The molecule has 6 heteroatoms. The van der Waals surface area contributed by atoms with Gasteiger partial charge in [0.25, 0.3) is 0 Å². The molecule has 0 bridgehead atoms. The molecule has 0 aliphatic rings. The van der Waals surface area contributed by atoms with Crippen molar-refractivity contribution >= 4 is 51.3 Å². The minimum Gasteiger partial charge on any atom is -0.493 e. The van der Waals surface area contributed by atoms with Gasteiger partial charge in [0.1, 0.15) is 11.3 Å². The van der Waals surface area contributed by atoms with Crippen LogP contribution in [0.25, 0.3) is 27.7 Å². The van der Waals surface area contributed by atoms with E-state index in [0.29, 0.717) is 28.1 Å². The van der Waals surface area contributed by atoms with Crippen LogP contribution in [0.15, 0.2) is 65.3 Å². The van der Waals surface area contributed by atoms with E-state index in [1.165, 1.54) is 17.2 Å². The minimum absolute atomic E-state index is 0.302. The Hall–Kier alpha value is -3.21. The molecule has 0 saturated heterocycles. The van der Waals surface area contributed by atoms with Crippen LogP contribution in [0.2, 0.25) is 10.0 Å². The molecule has 1 amide bonds. The SMILES string of the molecule is CCOc1cc2occ(-c3ccc(C)cc3C)c2cc1/C(C)=C/C(=O)Nc1cccc(Cl)c1Cl. The molecule has 3 aromatic carbocycles. The first-order chi connectivity index (χ1) is 16.3. The summed E-state index contributed by atoms with van der Waals surface area (Å²) in [6.07, 6.45) is 3.30. The van der Waals surface area contributed by atoms with Crippen LogP contribution < -0.4 is 10.1 Å². The van der Waals surface area contributed by atoms with Gasteiger partial charge in [-0.15, -0.1) is 0 Å². The van der Waals surface area contributed by atoms with E-state index in [1.54, 1.807) is 24.5 Å². The Bertz CT molecular complexity index is 1420. The second-order valence-corrected chi connectivity index (χ2v) is 8.95. The van der Waals surface area contributed by atoms with Crippen molar-refractivity contribution in [2.24, 2.45) is 0 Å². The second-order valence-electron chi connectivity index (χ2n) is 8.16. The van der Waals surface area contributed by atoms with Crippen LogP contribution in [-0.2, 0) is 4.79 Å². The summed E-state index contributed by atoms with van der Waals surface area (Å²) in [5.41, 5.74) is 7.22. The third kappa shape index (κ3) is 4.84. The molecule has 174 valence electrons. The van der Waals surface area contributed by atoms with E-state index in [9.17, 15) is 4.79 Å². The summed E-state index contributed by atoms with van der Waals surface area (Å²) in [7, 11) is 0. The van der Waals surface area contributed by atoms with Crippen molar-refractivity contribution in [3.63, 3.8) is 0 Å². The summed E-state index contributed by atoms with van der Waals surface area (Å²) in [5, 5.41) is 4.43. The third-order valence-corrected chi connectivity index (χ3v) is 6.45. The van der Waals surface area contributed by atoms with Gasteiger partial charge in [-0.25, -0.2) is 0 Å². The Morgan fingerprint density at radius 1 is 1.09 bits per heavy atom. The average molecular weight is 494 g/mol. The van der Waals surface area contributed by atoms with Crippen molar-refractivity contribution in [3.05, 3.63) is 87.6 Å². The molecule has 4 rings (SSSR count). The van der Waals surface area contributed by atoms with Gasteiger partial charge in [0.05, 0.1) is 28.6 Å². The highest BCUT2D eigenvalue weighted by Gasteiger charge is 2.16. The van der Waals surface area contributed by atoms with E-state index >= 15 is 0 Å². The summed E-state index contributed by atoms with van der Waals surface area (Å²) in [6, 6.07) is 15.4. The Morgan fingerprint density at radius 2 is 1.88 bits per heavy atom. The lowest BCUT2D eigenvalue weighted by Crippen LogP contribution is -2.09. The van der Waals surface area contributed by atoms with Crippen LogP contribution in [0, 0.1) is 13.8 Å². The number of ether oxygens (including phenoxy) is 1. The number of fused-ring (bicyclic) bond motifs is 1. The quantitative estimate of drug-likeness (QED) is 0.274. The highest BCUT2D eigenvalue weighted by Crippen LogP contribution is 2.38. The van der Waals surface area contributed by atoms with Crippen molar-refractivity contribution in [1.82, 2.24) is 0 Å². The average Bonchev–Trinajstić information content (AvgIpc) is 3.19. The zero-order valence-corrected chi connectivity index (χ0v) is 21.0. The first kappa shape index (κ1) is 23.9. The van der Waals surface area contributed by atoms with E-state index in [0.717, 1.165) is 33.2 Å². The number of benzene rings is 3. The lowest BCUT2D eigenvalue weighted by molar-refractivity contribution is -0.111. The Labute approximate surface area is 209 Å². The number of halogens is 2. The predicted molar refractivity (Wildman–Crippen MR) is 141 cm³/mol. The Morgan fingerprint density at radius 3 is 2.62 bits per heavy atom. The number of allylic oxidation sites excluding steroid dienone is 1. The number of hydrogen-bond acceptors (Lipinski definition) is 3. The Kier molecular flexibility index (Phi) is 7.01. The molecule has 0 saturated carbocycles. The summed E-state index contributed by atoms with van der Waals surface area (Å²) in [5.74, 6) is 0.338. The first-order valence-electron chi connectivity index (χ1n) is 11.0. The molecular formula is C28H25Cl2NO3. The number of aryl methyl sites for hydroxylation is 2. The molecule has 0 unspecified atom stereocenters. The molecule has 1 aromatic heterocycles. The summed E-state index contributed by atoms with van der Waals surface area (Å²) in [4.78, 5) is 12.8. The van der Waals surface area contributed by atoms with Gasteiger partial charge in [-0.05, 0) is 62.6 Å². The molecule has 34 heavy (non-hydrogen) atoms. The highest BCUT2D eigenvalue weighted by molar-refractivity contribution is 6.44. The first-order valence-corrected chi connectivity index (χ1v) is 11.7. The molecule has 1 N–H and O–H groups in total. The van der Waals surface area contributed by atoms with E-state index in [-0.39, 0.29) is 5.91 Å². The van der Waals surface area contributed by atoms with Gasteiger partial charge in [0.2, 0.25) is 5.91 Å². The van der Waals surface area contributed by atoms with E-state index < -0.39 is 0 Å². The maximum absolute atomic E-state index is 12.8. The molecule has 0 fully saturated rings. The van der Waals surface area contributed by atoms with Crippen molar-refractivity contribution in [3.8, 4) is 16.9 Å². The van der Waals surface area contributed by atoms with Crippen LogP contribution in [0.1, 0.15) is 30.5 Å². The van der Waals surface area contributed by atoms with E-state index in [4.69, 9.17) is 32.4 Å². The minimum atomic E-state index is -0.314. The molecule has 0 aliphatic heterocycles. The normalized spacial score (nSPS) is 11.6. The number of hydrogen-bond donors (Lipinski definition) is 1. The zero-order valence-electron chi connectivity index (χ0n) is 19.5. The standard InChI is InChI=1S/C28H25Cl2NO3/c1-5-33-25-14-26-21(22(15-34-26)19-10-9-16(2)11-17(19)3)13-20(25)18(4)12-27(32)31-24-8-6-7-23(29)28(24)30/h6-15H,5H2,1-4H3,(H,31,32)/b18-12+. The smallest absolute Gasteiger partial charge is 0.248 e. The van der Waals surface area contributed by atoms with Gasteiger partial charge in [0.15, 0.2) is 0 Å². The van der Waals surface area contributed by atoms with Gasteiger partial charge in [-0.2, -0.15) is 0 Å². The number of carbonyl (C=O) groups is 1. The molecular weight excluding hydrogens is 469 g/mol. The van der Waals surface area contributed by atoms with Crippen molar-refractivity contribution < 1.29 is 13.9 Å². The molecule has 0 atom stereocenters. The summed E-state index contributed by atoms with van der Waals surface area (Å²) < 4.78 is 11.8. The van der Waals surface area contributed by atoms with Gasteiger partial charge in [0, 0.05) is 28.7 Å². The molecule has 1 heterocycles. The topological polar surface area (TPSA) is 51.5 Å². The van der Waals surface area contributed by atoms with Crippen LogP contribution >= 0.6 is 23.2 Å². The van der Waals surface area contributed by atoms with Gasteiger partial charge in [-0.1, -0.05) is 53.0 Å². The summed E-state index contributed by atoms with van der Waals surface area (Å²) in [6.45, 7) is 8.45. The fourth-order valence-corrected chi connectivity index (χ4v) is 4.35. The number of furan rings is 1. The van der Waals surface area contributed by atoms with E-state index in [1.807, 2.05) is 26.0 Å². The Balaban J connectivity index is 1.75. The fraction of sp³-hybridized carbons (Fsp3) is 0.179. The third-order valence-electron chi connectivity index (χ3n) is 5.63. The van der Waals surface area contributed by atoms with Gasteiger partial charge >= 0.3 is 0 Å². The molecule has 0 radical (unpaired) electrons. The predicted octanol–water partition coefficient (Wildman–Crippen LogP) is 8.46. The fourth-order valence-electron chi connectivity index (χ4n) is 4.01. The van der Waals surface area contributed by atoms with Crippen LogP contribution in [0.5, 0.6) is 5.75 Å². The molecule has 4 nitrogen and oxygen atoms in total. The molecule has 4 aromatic rings. The maximum atomic E-state index is 12.8. The lowest BCUT2D eigenvalue weighted by atomic mass is 9.96. The number of anilines is 1.